The summed E-state index contributed by atoms with van der Waals surface area (Å²) in [7, 11) is 0. The fourth-order valence-corrected chi connectivity index (χ4v) is 2.42. The molecule has 0 spiro atoms. The first-order valence-electron chi connectivity index (χ1n) is 6.98. The molecule has 0 aliphatic carbocycles. The number of benzene rings is 3. The molecule has 0 aliphatic heterocycles. The van der Waals surface area contributed by atoms with Crippen LogP contribution in [0.15, 0.2) is 78.9 Å². The van der Waals surface area contributed by atoms with Gasteiger partial charge in [0.1, 0.15) is 0 Å². The molecule has 22 heavy (non-hydrogen) atoms. The first kappa shape index (κ1) is 13.9. The number of carbonyl (C=O) groups excluding carboxylic acids is 1. The molecule has 2 N–H and O–H groups in total. The number of amides is 2. The van der Waals surface area contributed by atoms with E-state index in [9.17, 15) is 4.79 Å². The lowest BCUT2D eigenvalue weighted by Gasteiger charge is -2.23. The number of primary amides is 1. The van der Waals surface area contributed by atoms with Gasteiger partial charge in [0.15, 0.2) is 0 Å². The van der Waals surface area contributed by atoms with Gasteiger partial charge in [0.2, 0.25) is 0 Å². The van der Waals surface area contributed by atoms with Gasteiger partial charge in [-0.25, -0.2) is 4.79 Å². The monoisotopic (exact) mass is 287 g/mol. The van der Waals surface area contributed by atoms with Crippen LogP contribution in [0.5, 0.6) is 0 Å². The average molecular weight is 287 g/mol. The highest BCUT2D eigenvalue weighted by Crippen LogP contribution is 2.34. The van der Waals surface area contributed by atoms with Gasteiger partial charge in [0.05, 0.1) is 11.4 Å². The van der Waals surface area contributed by atoms with Gasteiger partial charge in [-0.15, -0.1) is 0 Å². The van der Waals surface area contributed by atoms with E-state index >= 15 is 0 Å². The fraction of sp³-hybridized carbons (Fsp3) is 0. The Morgan fingerprint density at radius 3 is 2.23 bits per heavy atom. The zero-order chi connectivity index (χ0) is 15.4. The molecule has 1 radical (unpaired) electrons. The molecule has 0 unspecified atom stereocenters. The van der Waals surface area contributed by atoms with Crippen molar-refractivity contribution >= 4 is 17.4 Å². The molecule has 107 valence electrons. The maximum absolute atomic E-state index is 12.0. The molecule has 0 fully saturated rings. The summed E-state index contributed by atoms with van der Waals surface area (Å²) in [6, 6.07) is 27.4. The highest BCUT2D eigenvalue weighted by atomic mass is 16.2. The Morgan fingerprint density at radius 2 is 1.55 bits per heavy atom. The van der Waals surface area contributed by atoms with Gasteiger partial charge in [-0.3, -0.25) is 4.90 Å². The van der Waals surface area contributed by atoms with Crippen LogP contribution in [0, 0.1) is 6.07 Å². The van der Waals surface area contributed by atoms with Gasteiger partial charge >= 0.3 is 6.03 Å². The minimum absolute atomic E-state index is 0.536. The lowest BCUT2D eigenvalue weighted by molar-refractivity contribution is 0.256. The highest BCUT2D eigenvalue weighted by Gasteiger charge is 2.18. The van der Waals surface area contributed by atoms with Crippen molar-refractivity contribution in [2.45, 2.75) is 0 Å². The van der Waals surface area contributed by atoms with Crippen molar-refractivity contribution in [2.75, 3.05) is 4.90 Å². The van der Waals surface area contributed by atoms with Crippen molar-refractivity contribution in [1.82, 2.24) is 0 Å². The molecular formula is C19H15N2O. The molecule has 0 aliphatic rings. The second kappa shape index (κ2) is 6.14. The van der Waals surface area contributed by atoms with Crippen molar-refractivity contribution in [3.63, 3.8) is 0 Å². The molecule has 0 saturated heterocycles. The largest absolute Gasteiger partial charge is 0.351 e. The van der Waals surface area contributed by atoms with Gasteiger partial charge in [0.25, 0.3) is 0 Å². The van der Waals surface area contributed by atoms with E-state index in [1.807, 2.05) is 72.8 Å². The van der Waals surface area contributed by atoms with Crippen LogP contribution in [-0.2, 0) is 0 Å². The summed E-state index contributed by atoms with van der Waals surface area (Å²) in [5.74, 6) is 0. The van der Waals surface area contributed by atoms with Gasteiger partial charge in [0, 0.05) is 11.6 Å². The molecule has 2 amide bonds. The lowest BCUT2D eigenvalue weighted by atomic mass is 10.0. The van der Waals surface area contributed by atoms with Crippen LogP contribution in [-0.4, -0.2) is 6.03 Å². The van der Waals surface area contributed by atoms with Gasteiger partial charge < -0.3 is 5.73 Å². The summed E-state index contributed by atoms with van der Waals surface area (Å²) in [5, 5.41) is 0. The van der Waals surface area contributed by atoms with Crippen LogP contribution < -0.4 is 10.6 Å². The second-order valence-corrected chi connectivity index (χ2v) is 4.80. The summed E-state index contributed by atoms with van der Waals surface area (Å²) in [6.07, 6.45) is 0. The van der Waals surface area contributed by atoms with Gasteiger partial charge in [-0.05, 0) is 17.7 Å². The Balaban J connectivity index is 2.16. The zero-order valence-electron chi connectivity index (χ0n) is 11.9. The normalized spacial score (nSPS) is 10.2. The number of carbonyl (C=O) groups is 1. The summed E-state index contributed by atoms with van der Waals surface area (Å²) in [5.41, 5.74) is 8.95. The van der Waals surface area contributed by atoms with Crippen molar-refractivity contribution < 1.29 is 4.79 Å². The fourth-order valence-electron chi connectivity index (χ4n) is 2.42. The zero-order valence-corrected chi connectivity index (χ0v) is 11.9. The molecule has 0 atom stereocenters. The highest BCUT2D eigenvalue weighted by molar-refractivity contribution is 6.02. The predicted molar refractivity (Wildman–Crippen MR) is 88.9 cm³/mol. The second-order valence-electron chi connectivity index (χ2n) is 4.80. The molecule has 3 aromatic carbocycles. The molecule has 0 heterocycles. The van der Waals surface area contributed by atoms with Crippen LogP contribution in [0.3, 0.4) is 0 Å². The first-order chi connectivity index (χ1) is 10.8. The first-order valence-corrected chi connectivity index (χ1v) is 6.98. The van der Waals surface area contributed by atoms with E-state index in [-0.39, 0.29) is 0 Å². The Hall–Kier alpha value is -3.07. The Bertz CT molecular complexity index is 770. The molecule has 3 nitrogen and oxygen atoms in total. The maximum Gasteiger partial charge on any atom is 0.323 e. The third-order valence-electron chi connectivity index (χ3n) is 3.38. The average Bonchev–Trinajstić information content (AvgIpc) is 2.57. The van der Waals surface area contributed by atoms with Crippen molar-refractivity contribution in [3.05, 3.63) is 84.9 Å². The van der Waals surface area contributed by atoms with E-state index in [1.54, 1.807) is 6.07 Å². The molecule has 3 rings (SSSR count). The quantitative estimate of drug-likeness (QED) is 0.764. The van der Waals surface area contributed by atoms with Crippen LogP contribution in [0.4, 0.5) is 16.2 Å². The summed E-state index contributed by atoms with van der Waals surface area (Å²) in [4.78, 5) is 13.5. The third-order valence-corrected chi connectivity index (χ3v) is 3.38. The number of nitrogens with two attached hydrogens (primary N) is 1. The third kappa shape index (κ3) is 2.69. The van der Waals surface area contributed by atoms with Gasteiger partial charge in [-0.1, -0.05) is 66.7 Å². The number of urea groups is 1. The summed E-state index contributed by atoms with van der Waals surface area (Å²) >= 11 is 0. The lowest BCUT2D eigenvalue weighted by Crippen LogP contribution is -2.31. The number of rotatable bonds is 3. The molecule has 0 saturated carbocycles. The van der Waals surface area contributed by atoms with E-state index < -0.39 is 6.03 Å². The Labute approximate surface area is 129 Å². The summed E-state index contributed by atoms with van der Waals surface area (Å²) < 4.78 is 0. The smallest absolute Gasteiger partial charge is 0.323 e. The van der Waals surface area contributed by atoms with Crippen LogP contribution in [0.2, 0.25) is 0 Å². The SMILES string of the molecule is NC(=O)N(c1[c]cccc1)c1ccccc1-c1ccccc1. The van der Waals surface area contributed by atoms with Crippen LogP contribution in [0.1, 0.15) is 0 Å². The van der Waals surface area contributed by atoms with E-state index in [1.165, 1.54) is 4.90 Å². The Kier molecular flexibility index (Phi) is 3.88. The molecule has 3 heteroatoms. The van der Waals surface area contributed by atoms with Crippen LogP contribution in [0.25, 0.3) is 11.1 Å². The minimum Gasteiger partial charge on any atom is -0.351 e. The van der Waals surface area contributed by atoms with E-state index in [0.29, 0.717) is 5.69 Å². The maximum atomic E-state index is 12.0. The predicted octanol–water partition coefficient (Wildman–Crippen LogP) is 4.37. The number of anilines is 2. The van der Waals surface area contributed by atoms with E-state index in [4.69, 9.17) is 5.73 Å². The Morgan fingerprint density at radius 1 is 0.864 bits per heavy atom. The van der Waals surface area contributed by atoms with Crippen LogP contribution >= 0.6 is 0 Å². The number of nitrogens with zero attached hydrogens (tertiary/aromatic N) is 1. The minimum atomic E-state index is -0.536. The number of para-hydroxylation sites is 2. The van der Waals surface area contributed by atoms with Gasteiger partial charge in [-0.2, -0.15) is 0 Å². The molecule has 3 aromatic rings. The summed E-state index contributed by atoms with van der Waals surface area (Å²) in [6.45, 7) is 0. The molecule has 0 bridgehead atoms. The van der Waals surface area contributed by atoms with E-state index in [0.717, 1.165) is 16.8 Å². The van der Waals surface area contributed by atoms with E-state index in [2.05, 4.69) is 6.07 Å². The standard InChI is InChI=1S/C19H15N2O/c20-19(22)21(16-11-5-2-6-12-16)18-14-8-7-13-17(18)15-9-3-1-4-10-15/h1-11,13-14H,(H2,20,22). The van der Waals surface area contributed by atoms with Crippen molar-refractivity contribution in [3.8, 4) is 11.1 Å². The topological polar surface area (TPSA) is 46.3 Å². The molecular weight excluding hydrogens is 272 g/mol. The number of hydrogen-bond acceptors (Lipinski definition) is 1. The van der Waals surface area contributed by atoms with Crippen molar-refractivity contribution in [1.29, 1.82) is 0 Å². The number of hydrogen-bond donors (Lipinski definition) is 1. The molecule has 0 aromatic heterocycles. The van der Waals surface area contributed by atoms with Crippen molar-refractivity contribution in [2.24, 2.45) is 5.73 Å².